The van der Waals surface area contributed by atoms with E-state index in [-0.39, 0.29) is 6.42 Å². The van der Waals surface area contributed by atoms with Crippen LogP contribution >= 0.6 is 35.0 Å². The van der Waals surface area contributed by atoms with Crippen LogP contribution in [0.3, 0.4) is 0 Å². The standard InChI is InChI=1S/C12H9Cl2NO2S/c13-7-1-3-9(14)10(5-7)18-11-4-2-8(15-11)6-12(16)17/h1-5,15H,6H2,(H,16,17). The highest BCUT2D eigenvalue weighted by molar-refractivity contribution is 7.99. The van der Waals surface area contributed by atoms with Crippen LogP contribution in [0.25, 0.3) is 0 Å². The molecule has 0 saturated heterocycles. The van der Waals surface area contributed by atoms with Gasteiger partial charge in [-0.05, 0) is 30.3 Å². The first-order valence-corrected chi connectivity index (χ1v) is 6.64. The van der Waals surface area contributed by atoms with Crippen LogP contribution in [0, 0.1) is 0 Å². The van der Waals surface area contributed by atoms with E-state index in [1.54, 1.807) is 24.3 Å². The van der Waals surface area contributed by atoms with Crippen molar-refractivity contribution in [3.8, 4) is 0 Å². The molecule has 0 amide bonds. The maximum absolute atomic E-state index is 10.6. The molecule has 0 unspecified atom stereocenters. The van der Waals surface area contributed by atoms with E-state index in [0.717, 1.165) is 9.92 Å². The third-order valence-corrected chi connectivity index (χ3v) is 3.87. The number of aromatic amines is 1. The van der Waals surface area contributed by atoms with Gasteiger partial charge in [-0.2, -0.15) is 0 Å². The molecular weight excluding hydrogens is 293 g/mol. The number of carboxylic acid groups (broad SMARTS) is 1. The van der Waals surface area contributed by atoms with Gasteiger partial charge in [0.1, 0.15) is 0 Å². The van der Waals surface area contributed by atoms with Crippen molar-refractivity contribution in [2.75, 3.05) is 0 Å². The normalized spacial score (nSPS) is 10.6. The summed E-state index contributed by atoms with van der Waals surface area (Å²) < 4.78 is 0. The average molecular weight is 302 g/mol. The zero-order chi connectivity index (χ0) is 13.1. The molecule has 0 radical (unpaired) electrons. The number of nitrogens with one attached hydrogen (secondary N) is 1. The fourth-order valence-corrected chi connectivity index (χ4v) is 2.79. The lowest BCUT2D eigenvalue weighted by atomic mass is 10.3. The number of hydrogen-bond donors (Lipinski definition) is 2. The van der Waals surface area contributed by atoms with Gasteiger partial charge < -0.3 is 10.1 Å². The number of carboxylic acids is 1. The number of aliphatic carboxylic acids is 1. The van der Waals surface area contributed by atoms with Gasteiger partial charge in [0.25, 0.3) is 0 Å². The number of aromatic nitrogens is 1. The number of halogens is 2. The molecule has 6 heteroatoms. The van der Waals surface area contributed by atoms with Gasteiger partial charge in [-0.15, -0.1) is 0 Å². The minimum Gasteiger partial charge on any atom is -0.481 e. The minimum absolute atomic E-state index is 0.0240. The van der Waals surface area contributed by atoms with Crippen molar-refractivity contribution >= 4 is 40.9 Å². The Balaban J connectivity index is 2.16. The van der Waals surface area contributed by atoms with Crippen LogP contribution in [0.15, 0.2) is 40.3 Å². The molecule has 1 aromatic carbocycles. The van der Waals surface area contributed by atoms with Crippen molar-refractivity contribution in [3.05, 3.63) is 46.1 Å². The zero-order valence-corrected chi connectivity index (χ0v) is 11.4. The molecular formula is C12H9Cl2NO2S. The lowest BCUT2D eigenvalue weighted by Crippen LogP contribution is -1.99. The lowest BCUT2D eigenvalue weighted by Gasteiger charge is -2.02. The van der Waals surface area contributed by atoms with Crippen molar-refractivity contribution in [1.82, 2.24) is 4.98 Å². The van der Waals surface area contributed by atoms with Crippen LogP contribution in [-0.4, -0.2) is 16.1 Å². The first kappa shape index (κ1) is 13.3. The smallest absolute Gasteiger partial charge is 0.309 e. The number of H-pyrrole nitrogens is 1. The molecule has 0 aliphatic carbocycles. The number of benzene rings is 1. The van der Waals surface area contributed by atoms with Gasteiger partial charge >= 0.3 is 5.97 Å². The van der Waals surface area contributed by atoms with Crippen molar-refractivity contribution in [3.63, 3.8) is 0 Å². The monoisotopic (exact) mass is 301 g/mol. The van der Waals surface area contributed by atoms with Crippen molar-refractivity contribution in [1.29, 1.82) is 0 Å². The van der Waals surface area contributed by atoms with Gasteiger partial charge in [0.15, 0.2) is 0 Å². The average Bonchev–Trinajstić information content (AvgIpc) is 2.70. The van der Waals surface area contributed by atoms with E-state index < -0.39 is 5.97 Å². The molecule has 1 heterocycles. The molecule has 0 aliphatic heterocycles. The van der Waals surface area contributed by atoms with E-state index in [0.29, 0.717) is 15.7 Å². The summed E-state index contributed by atoms with van der Waals surface area (Å²) in [6, 6.07) is 8.78. The molecule has 1 aromatic heterocycles. The summed E-state index contributed by atoms with van der Waals surface area (Å²) in [5, 5.41) is 10.7. The lowest BCUT2D eigenvalue weighted by molar-refractivity contribution is -0.136. The third kappa shape index (κ3) is 3.45. The maximum atomic E-state index is 10.6. The Morgan fingerprint density at radius 3 is 2.78 bits per heavy atom. The van der Waals surface area contributed by atoms with Gasteiger partial charge in [0.05, 0.1) is 16.5 Å². The molecule has 94 valence electrons. The molecule has 0 fully saturated rings. The highest BCUT2D eigenvalue weighted by Gasteiger charge is 2.07. The SMILES string of the molecule is O=C(O)Cc1ccc(Sc2cc(Cl)ccc2Cl)[nH]1. The summed E-state index contributed by atoms with van der Waals surface area (Å²) in [5.74, 6) is -0.866. The summed E-state index contributed by atoms with van der Waals surface area (Å²) in [6.45, 7) is 0. The first-order chi connectivity index (χ1) is 8.54. The molecule has 0 bridgehead atoms. The fraction of sp³-hybridized carbons (Fsp3) is 0.0833. The van der Waals surface area contributed by atoms with E-state index in [4.69, 9.17) is 28.3 Å². The predicted octanol–water partition coefficient (Wildman–Crippen LogP) is 4.10. The van der Waals surface area contributed by atoms with Gasteiger partial charge in [-0.3, -0.25) is 4.79 Å². The van der Waals surface area contributed by atoms with Crippen LogP contribution in [0.4, 0.5) is 0 Å². The number of rotatable bonds is 4. The molecule has 0 saturated carbocycles. The molecule has 0 spiro atoms. The zero-order valence-electron chi connectivity index (χ0n) is 9.11. The van der Waals surface area contributed by atoms with Gasteiger partial charge in [0.2, 0.25) is 0 Å². The summed E-state index contributed by atoms with van der Waals surface area (Å²) in [6.07, 6.45) is -0.0240. The highest BCUT2D eigenvalue weighted by atomic mass is 35.5. The fourth-order valence-electron chi connectivity index (χ4n) is 1.42. The van der Waals surface area contributed by atoms with Crippen molar-refractivity contribution in [2.45, 2.75) is 16.3 Å². The molecule has 2 N–H and O–H groups in total. The molecule has 0 aliphatic rings. The van der Waals surface area contributed by atoms with Crippen molar-refractivity contribution in [2.24, 2.45) is 0 Å². The summed E-state index contributed by atoms with van der Waals surface area (Å²) in [7, 11) is 0. The van der Waals surface area contributed by atoms with Crippen molar-refractivity contribution < 1.29 is 9.90 Å². The maximum Gasteiger partial charge on any atom is 0.309 e. The number of carbonyl (C=O) groups is 1. The van der Waals surface area contributed by atoms with Gasteiger partial charge in [-0.1, -0.05) is 35.0 Å². The van der Waals surface area contributed by atoms with E-state index in [9.17, 15) is 4.79 Å². The van der Waals surface area contributed by atoms with Crippen LogP contribution in [0.2, 0.25) is 10.0 Å². The number of hydrogen-bond acceptors (Lipinski definition) is 2. The van der Waals surface area contributed by atoms with Crippen LogP contribution in [0.5, 0.6) is 0 Å². The Bertz CT molecular complexity index is 583. The van der Waals surface area contributed by atoms with E-state index in [1.807, 2.05) is 6.07 Å². The minimum atomic E-state index is -0.866. The molecule has 2 aromatic rings. The summed E-state index contributed by atoms with van der Waals surface area (Å²) in [5.41, 5.74) is 0.656. The Morgan fingerprint density at radius 1 is 1.28 bits per heavy atom. The second-order valence-corrected chi connectivity index (χ2v) is 5.52. The summed E-state index contributed by atoms with van der Waals surface area (Å²) in [4.78, 5) is 14.4. The molecule has 0 atom stereocenters. The first-order valence-electron chi connectivity index (χ1n) is 5.07. The second-order valence-electron chi connectivity index (χ2n) is 3.60. The van der Waals surface area contributed by atoms with Crippen LogP contribution < -0.4 is 0 Å². The Kier molecular flexibility index (Phi) is 4.22. The van der Waals surface area contributed by atoms with Gasteiger partial charge in [-0.25, -0.2) is 0 Å². The van der Waals surface area contributed by atoms with E-state index >= 15 is 0 Å². The van der Waals surface area contributed by atoms with E-state index in [2.05, 4.69) is 4.98 Å². The largest absolute Gasteiger partial charge is 0.481 e. The summed E-state index contributed by atoms with van der Waals surface area (Å²) >= 11 is 13.4. The second kappa shape index (κ2) is 5.69. The topological polar surface area (TPSA) is 53.1 Å². The quantitative estimate of drug-likeness (QED) is 0.894. The molecule has 2 rings (SSSR count). The Hall–Kier alpha value is -1.10. The highest BCUT2D eigenvalue weighted by Crippen LogP contribution is 2.34. The molecule has 3 nitrogen and oxygen atoms in total. The van der Waals surface area contributed by atoms with Crippen LogP contribution in [0.1, 0.15) is 5.69 Å². The molecule has 18 heavy (non-hydrogen) atoms. The Morgan fingerprint density at radius 2 is 2.06 bits per heavy atom. The third-order valence-electron chi connectivity index (χ3n) is 2.17. The predicted molar refractivity (Wildman–Crippen MR) is 72.7 cm³/mol. The van der Waals surface area contributed by atoms with Gasteiger partial charge in [0, 0.05) is 15.6 Å². The Labute approximate surface area is 118 Å². The van der Waals surface area contributed by atoms with E-state index in [1.165, 1.54) is 11.8 Å². The van der Waals surface area contributed by atoms with Crippen LogP contribution in [-0.2, 0) is 11.2 Å².